The van der Waals surface area contributed by atoms with Crippen LogP contribution in [0.4, 0.5) is 0 Å². The van der Waals surface area contributed by atoms with E-state index in [0.717, 1.165) is 102 Å². The molecule has 0 amide bonds. The molecule has 5 atom stereocenters. The quantitative estimate of drug-likeness (QED) is 0.0222. The van der Waals surface area contributed by atoms with Crippen LogP contribution < -0.4 is 0 Å². The van der Waals surface area contributed by atoms with Crippen molar-refractivity contribution in [2.24, 2.45) is 11.8 Å². The Balaban J connectivity index is 5.22. The molecule has 2 unspecified atom stereocenters. The summed E-state index contributed by atoms with van der Waals surface area (Å²) >= 11 is 0. The van der Waals surface area contributed by atoms with Crippen LogP contribution in [-0.4, -0.2) is 96.7 Å². The van der Waals surface area contributed by atoms with Crippen molar-refractivity contribution in [1.82, 2.24) is 0 Å². The molecule has 0 spiro atoms. The number of hydrogen-bond acceptors (Lipinski definition) is 15. The summed E-state index contributed by atoms with van der Waals surface area (Å²) in [7, 11) is -9.91. The molecule has 94 heavy (non-hydrogen) atoms. The molecule has 0 rings (SSSR count). The molecule has 0 fully saturated rings. The van der Waals surface area contributed by atoms with Crippen molar-refractivity contribution in [3.05, 3.63) is 0 Å². The molecule has 0 aliphatic rings. The summed E-state index contributed by atoms with van der Waals surface area (Å²) < 4.78 is 68.5. The fourth-order valence-electron chi connectivity index (χ4n) is 11.5. The number of aliphatic hydroxyl groups is 1. The smallest absolute Gasteiger partial charge is 0.462 e. The predicted molar refractivity (Wildman–Crippen MR) is 381 cm³/mol. The Labute approximate surface area is 575 Å². The number of esters is 4. The molecule has 0 aromatic rings. The number of ether oxygens (including phenoxy) is 4. The number of carbonyl (C=O) groups excluding carboxylic acids is 4. The van der Waals surface area contributed by atoms with Crippen LogP contribution >= 0.6 is 15.6 Å². The van der Waals surface area contributed by atoms with Gasteiger partial charge in [0.15, 0.2) is 12.2 Å². The molecule has 3 N–H and O–H groups in total. The largest absolute Gasteiger partial charge is 0.472 e. The van der Waals surface area contributed by atoms with Crippen molar-refractivity contribution in [2.45, 2.75) is 407 Å². The summed E-state index contributed by atoms with van der Waals surface area (Å²) in [5.41, 5.74) is 0. The normalized spacial score (nSPS) is 14.0. The Hall–Kier alpha value is -1.94. The number of phosphoric ester groups is 2. The monoisotopic (exact) mass is 1380 g/mol. The summed E-state index contributed by atoms with van der Waals surface area (Å²) in [6.45, 7) is 9.54. The number of hydrogen-bond donors (Lipinski definition) is 3. The van der Waals surface area contributed by atoms with Gasteiger partial charge in [-0.15, -0.1) is 0 Å². The van der Waals surface area contributed by atoms with E-state index in [4.69, 9.17) is 37.0 Å². The Bertz CT molecular complexity index is 1820. The number of unbranched alkanes of at least 4 members (excludes halogenated alkanes) is 44. The van der Waals surface area contributed by atoms with E-state index in [2.05, 4.69) is 41.5 Å². The molecule has 0 heterocycles. The molecule has 0 aliphatic carbocycles. The van der Waals surface area contributed by atoms with Gasteiger partial charge in [0.2, 0.25) is 0 Å². The van der Waals surface area contributed by atoms with Crippen LogP contribution in [0.1, 0.15) is 388 Å². The van der Waals surface area contributed by atoms with Gasteiger partial charge in [0.05, 0.1) is 26.4 Å². The molecule has 0 bridgehead atoms. The lowest BCUT2D eigenvalue weighted by molar-refractivity contribution is -0.161. The third kappa shape index (κ3) is 68.6. The second kappa shape index (κ2) is 66.9. The van der Waals surface area contributed by atoms with Crippen molar-refractivity contribution in [3.8, 4) is 0 Å². The summed E-state index contributed by atoms with van der Waals surface area (Å²) in [5.74, 6) is -0.629. The van der Waals surface area contributed by atoms with E-state index in [9.17, 15) is 43.2 Å². The van der Waals surface area contributed by atoms with E-state index in [-0.39, 0.29) is 25.7 Å². The van der Waals surface area contributed by atoms with E-state index in [1.165, 1.54) is 205 Å². The van der Waals surface area contributed by atoms with E-state index < -0.39 is 97.5 Å². The minimum atomic E-state index is -4.96. The summed E-state index contributed by atoms with van der Waals surface area (Å²) in [4.78, 5) is 72.7. The van der Waals surface area contributed by atoms with E-state index in [1.807, 2.05) is 0 Å². The Morgan fingerprint density at radius 3 is 0.723 bits per heavy atom. The van der Waals surface area contributed by atoms with Crippen LogP contribution in [0.2, 0.25) is 0 Å². The molecular weight excluding hydrogens is 1230 g/mol. The molecule has 0 saturated heterocycles. The first-order valence-corrected chi connectivity index (χ1v) is 42.0. The predicted octanol–water partition coefficient (Wildman–Crippen LogP) is 21.9. The fourth-order valence-corrected chi connectivity index (χ4v) is 13.1. The van der Waals surface area contributed by atoms with Gasteiger partial charge >= 0.3 is 39.5 Å². The maximum atomic E-state index is 13.1. The zero-order chi connectivity index (χ0) is 69.3. The highest BCUT2D eigenvalue weighted by atomic mass is 31.2. The van der Waals surface area contributed by atoms with Gasteiger partial charge in [0, 0.05) is 25.7 Å². The molecule has 0 aromatic carbocycles. The summed E-state index contributed by atoms with van der Waals surface area (Å²) in [5, 5.41) is 10.6. The zero-order valence-corrected chi connectivity index (χ0v) is 63.1. The van der Waals surface area contributed by atoms with Gasteiger partial charge in [-0.1, -0.05) is 337 Å². The van der Waals surface area contributed by atoms with E-state index >= 15 is 0 Å². The van der Waals surface area contributed by atoms with Crippen LogP contribution in [0, 0.1) is 11.8 Å². The summed E-state index contributed by atoms with van der Waals surface area (Å²) in [6.07, 6.45) is 54.2. The highest BCUT2D eigenvalue weighted by Gasteiger charge is 2.30. The average Bonchev–Trinajstić information content (AvgIpc) is 2.34. The Morgan fingerprint density at radius 2 is 0.489 bits per heavy atom. The van der Waals surface area contributed by atoms with Crippen molar-refractivity contribution in [2.75, 3.05) is 39.6 Å². The molecule has 17 nitrogen and oxygen atoms in total. The molecule has 0 aliphatic heterocycles. The standard InChI is InChI=1S/C75H146O17P2/c1-7-9-11-13-15-17-19-20-21-22-23-24-25-26-29-34-41-47-53-59-74(79)91-70(63-86-73(78)58-52-46-40-33-30-27-28-31-37-43-49-55-67(3)4)65-89-93(81,82)87-61-69(76)62-88-94(83,84)90-66-71(64-85-72(77)57-51-45-39-32-18-16-14-12-10-8-2)92-75(80)60-54-48-42-36-35-38-44-50-56-68(5)6/h67-71,76H,7-66H2,1-6H3,(H,81,82)(H,83,84)/t69-,70-,71-/m1/s1. The lowest BCUT2D eigenvalue weighted by atomic mass is 10.0. The van der Waals surface area contributed by atoms with Crippen molar-refractivity contribution < 1.29 is 80.2 Å². The first kappa shape index (κ1) is 92.1. The third-order valence-electron chi connectivity index (χ3n) is 17.5. The van der Waals surface area contributed by atoms with Crippen molar-refractivity contribution in [1.29, 1.82) is 0 Å². The number of aliphatic hydroxyl groups excluding tert-OH is 1. The lowest BCUT2D eigenvalue weighted by Crippen LogP contribution is -2.30. The zero-order valence-electron chi connectivity index (χ0n) is 61.3. The van der Waals surface area contributed by atoms with Crippen LogP contribution in [0.3, 0.4) is 0 Å². The second-order valence-corrected chi connectivity index (χ2v) is 30.9. The van der Waals surface area contributed by atoms with E-state index in [0.29, 0.717) is 25.7 Å². The van der Waals surface area contributed by atoms with Gasteiger partial charge in [-0.3, -0.25) is 37.3 Å². The number of carbonyl (C=O) groups is 4. The first-order valence-electron chi connectivity index (χ1n) is 39.0. The average molecular weight is 1380 g/mol. The number of phosphoric acid groups is 2. The highest BCUT2D eigenvalue weighted by molar-refractivity contribution is 7.47. The fraction of sp³-hybridized carbons (Fsp3) is 0.947. The van der Waals surface area contributed by atoms with Crippen LogP contribution in [-0.2, 0) is 65.4 Å². The van der Waals surface area contributed by atoms with Gasteiger partial charge in [0.25, 0.3) is 0 Å². The topological polar surface area (TPSA) is 237 Å². The van der Waals surface area contributed by atoms with Gasteiger partial charge in [-0.25, -0.2) is 9.13 Å². The molecule has 0 saturated carbocycles. The van der Waals surface area contributed by atoms with Gasteiger partial charge in [0.1, 0.15) is 19.3 Å². The van der Waals surface area contributed by atoms with Crippen molar-refractivity contribution in [3.63, 3.8) is 0 Å². The van der Waals surface area contributed by atoms with Gasteiger partial charge in [-0.05, 0) is 37.5 Å². The summed E-state index contributed by atoms with van der Waals surface area (Å²) in [6, 6.07) is 0. The van der Waals surface area contributed by atoms with E-state index in [1.54, 1.807) is 0 Å². The van der Waals surface area contributed by atoms with Crippen LogP contribution in [0.5, 0.6) is 0 Å². The first-order chi connectivity index (χ1) is 45.4. The maximum absolute atomic E-state index is 13.1. The van der Waals surface area contributed by atoms with Gasteiger partial charge < -0.3 is 33.8 Å². The Kier molecular flexibility index (Phi) is 65.5. The molecule has 0 radical (unpaired) electrons. The SMILES string of the molecule is CCCCCCCCCCCCCCCCCCCCCC(=O)O[C@H](COC(=O)CCCCCCCCCCCCCC(C)C)COP(=O)(O)OC[C@@H](O)COP(=O)(O)OC[C@@H](COC(=O)CCCCCCCCCCCC)OC(=O)CCCCCCCCCCC(C)C. The lowest BCUT2D eigenvalue weighted by Gasteiger charge is -2.21. The van der Waals surface area contributed by atoms with Gasteiger partial charge in [-0.2, -0.15) is 0 Å². The highest BCUT2D eigenvalue weighted by Crippen LogP contribution is 2.45. The van der Waals surface area contributed by atoms with Crippen LogP contribution in [0.25, 0.3) is 0 Å². The van der Waals surface area contributed by atoms with Crippen LogP contribution in [0.15, 0.2) is 0 Å². The van der Waals surface area contributed by atoms with Crippen molar-refractivity contribution >= 4 is 39.5 Å². The molecule has 558 valence electrons. The molecular formula is C75H146O17P2. The molecule has 0 aromatic heterocycles. The minimum absolute atomic E-state index is 0.105. The third-order valence-corrected chi connectivity index (χ3v) is 19.4. The Morgan fingerprint density at radius 1 is 0.287 bits per heavy atom. The molecule has 19 heteroatoms. The maximum Gasteiger partial charge on any atom is 0.472 e. The minimum Gasteiger partial charge on any atom is -0.462 e. The number of rotatable bonds is 74. The second-order valence-electron chi connectivity index (χ2n) is 28.0.